The summed E-state index contributed by atoms with van der Waals surface area (Å²) in [6.07, 6.45) is 7.22. The molecule has 1 atom stereocenters. The van der Waals surface area contributed by atoms with Crippen molar-refractivity contribution in [2.45, 2.75) is 57.9 Å². The van der Waals surface area contributed by atoms with Gasteiger partial charge in [0.1, 0.15) is 17.6 Å². The molecule has 7 heteroatoms. The number of methoxy groups -OCH3 is 1. The Morgan fingerprint density at radius 1 is 1.36 bits per heavy atom. The van der Waals surface area contributed by atoms with Crippen molar-refractivity contribution in [3.63, 3.8) is 0 Å². The monoisotopic (exact) mass is 402 g/mol. The second-order valence-electron chi connectivity index (χ2n) is 7.22. The average Bonchev–Trinajstić information content (AvgIpc) is 3.37. The van der Waals surface area contributed by atoms with Gasteiger partial charge in [-0.2, -0.15) is 4.37 Å². The third-order valence-electron chi connectivity index (χ3n) is 5.08. The van der Waals surface area contributed by atoms with Crippen LogP contribution in [-0.2, 0) is 11.2 Å². The van der Waals surface area contributed by atoms with Crippen LogP contribution in [0, 0.1) is 0 Å². The molecule has 1 saturated heterocycles. The van der Waals surface area contributed by atoms with E-state index in [2.05, 4.69) is 21.5 Å². The first-order chi connectivity index (χ1) is 13.7. The Balaban J connectivity index is 1.57. The molecule has 152 valence electrons. The normalized spacial score (nSPS) is 16.4. The first-order valence-corrected chi connectivity index (χ1v) is 11.0. The molecule has 2 heterocycles. The highest BCUT2D eigenvalue weighted by molar-refractivity contribution is 7.09. The summed E-state index contributed by atoms with van der Waals surface area (Å²) in [6, 6.07) is 7.84. The Kier molecular flexibility index (Phi) is 7.65. The molecule has 0 bridgehead atoms. The van der Waals surface area contributed by atoms with Gasteiger partial charge in [0.15, 0.2) is 0 Å². The number of hydrogen-bond acceptors (Lipinski definition) is 6. The highest BCUT2D eigenvalue weighted by Crippen LogP contribution is 2.28. The van der Waals surface area contributed by atoms with Gasteiger partial charge in [0.25, 0.3) is 0 Å². The van der Waals surface area contributed by atoms with Crippen molar-refractivity contribution in [2.24, 2.45) is 0 Å². The molecule has 6 nitrogen and oxygen atoms in total. The number of nitrogens with zero attached hydrogens (tertiary/aromatic N) is 3. The second-order valence-corrected chi connectivity index (χ2v) is 7.95. The van der Waals surface area contributed by atoms with Gasteiger partial charge < -0.3 is 15.0 Å². The standard InChI is InChI=1S/C21H30N4O2S/c1-3-4-5-6-12-22-20(26)18-11-8-13-25(18)21-23-19(24-28-21)15-16-9-7-10-17(14-16)27-2/h7,9-10,14,18H,3-6,8,11-13,15H2,1-2H3,(H,22,26). The lowest BCUT2D eigenvalue weighted by Crippen LogP contribution is -2.43. The topological polar surface area (TPSA) is 67.4 Å². The zero-order valence-electron chi connectivity index (χ0n) is 16.8. The fourth-order valence-electron chi connectivity index (χ4n) is 3.55. The van der Waals surface area contributed by atoms with Crippen LogP contribution in [0.15, 0.2) is 24.3 Å². The van der Waals surface area contributed by atoms with E-state index in [1.54, 1.807) is 7.11 Å². The molecule has 3 rings (SSSR count). The van der Waals surface area contributed by atoms with E-state index in [1.165, 1.54) is 30.8 Å². The van der Waals surface area contributed by atoms with Gasteiger partial charge in [0, 0.05) is 31.0 Å². The maximum atomic E-state index is 12.6. The van der Waals surface area contributed by atoms with E-state index in [1.807, 2.05) is 24.3 Å². The van der Waals surface area contributed by atoms with Crippen LogP contribution in [0.25, 0.3) is 0 Å². The highest BCUT2D eigenvalue weighted by Gasteiger charge is 2.32. The lowest BCUT2D eigenvalue weighted by molar-refractivity contribution is -0.122. The summed E-state index contributed by atoms with van der Waals surface area (Å²) in [5.74, 6) is 1.75. The van der Waals surface area contributed by atoms with Gasteiger partial charge in [-0.05, 0) is 37.0 Å². The Hall–Kier alpha value is -2.15. The molecule has 2 aromatic rings. The number of hydrogen-bond donors (Lipinski definition) is 1. The number of unbranched alkanes of at least 4 members (excludes halogenated alkanes) is 3. The van der Waals surface area contributed by atoms with E-state index in [0.717, 1.165) is 54.6 Å². The van der Waals surface area contributed by atoms with Crippen molar-refractivity contribution in [2.75, 3.05) is 25.1 Å². The third kappa shape index (κ3) is 5.44. The molecule has 1 amide bonds. The van der Waals surface area contributed by atoms with Gasteiger partial charge in [0.05, 0.1) is 7.11 Å². The minimum absolute atomic E-state index is 0.121. The molecule has 1 fully saturated rings. The number of benzene rings is 1. The predicted molar refractivity (Wildman–Crippen MR) is 113 cm³/mol. The largest absolute Gasteiger partial charge is 0.497 e. The zero-order chi connectivity index (χ0) is 19.8. The molecule has 0 radical (unpaired) electrons. The van der Waals surface area contributed by atoms with Crippen LogP contribution in [-0.4, -0.2) is 41.5 Å². The minimum Gasteiger partial charge on any atom is -0.497 e. The van der Waals surface area contributed by atoms with Crippen LogP contribution in [0.1, 0.15) is 56.8 Å². The van der Waals surface area contributed by atoms with E-state index < -0.39 is 0 Å². The van der Waals surface area contributed by atoms with Crippen molar-refractivity contribution < 1.29 is 9.53 Å². The Labute approximate surface area is 171 Å². The number of aromatic nitrogens is 2. The molecule has 0 aliphatic carbocycles. The van der Waals surface area contributed by atoms with Gasteiger partial charge in [-0.15, -0.1) is 0 Å². The van der Waals surface area contributed by atoms with Crippen LogP contribution in [0.3, 0.4) is 0 Å². The van der Waals surface area contributed by atoms with Gasteiger partial charge in [-0.3, -0.25) is 4.79 Å². The van der Waals surface area contributed by atoms with E-state index >= 15 is 0 Å². The zero-order valence-corrected chi connectivity index (χ0v) is 17.6. The molecule has 1 aromatic carbocycles. The van der Waals surface area contributed by atoms with Crippen LogP contribution in [0.2, 0.25) is 0 Å². The van der Waals surface area contributed by atoms with E-state index in [-0.39, 0.29) is 11.9 Å². The Bertz CT molecular complexity index is 764. The number of ether oxygens (including phenoxy) is 1. The molecule has 1 aliphatic heterocycles. The summed E-state index contributed by atoms with van der Waals surface area (Å²) in [6.45, 7) is 3.82. The average molecular weight is 403 g/mol. The minimum atomic E-state index is -0.121. The van der Waals surface area contributed by atoms with Gasteiger partial charge in [-0.25, -0.2) is 4.98 Å². The highest BCUT2D eigenvalue weighted by atomic mass is 32.1. The second kappa shape index (κ2) is 10.4. The van der Waals surface area contributed by atoms with Crippen LogP contribution < -0.4 is 15.0 Å². The van der Waals surface area contributed by atoms with Crippen molar-refractivity contribution in [1.29, 1.82) is 0 Å². The van der Waals surface area contributed by atoms with Crippen molar-refractivity contribution in [1.82, 2.24) is 14.7 Å². The summed E-state index contributed by atoms with van der Waals surface area (Å²) in [5.41, 5.74) is 1.12. The van der Waals surface area contributed by atoms with Crippen molar-refractivity contribution in [3.05, 3.63) is 35.7 Å². The Morgan fingerprint density at radius 3 is 3.07 bits per heavy atom. The lowest BCUT2D eigenvalue weighted by atomic mass is 10.1. The SMILES string of the molecule is CCCCCCNC(=O)C1CCCN1c1nc(Cc2cccc(OC)c2)ns1. The number of rotatable bonds is 10. The smallest absolute Gasteiger partial charge is 0.242 e. The number of amides is 1. The summed E-state index contributed by atoms with van der Waals surface area (Å²) in [7, 11) is 1.67. The first kappa shape index (κ1) is 20.6. The lowest BCUT2D eigenvalue weighted by Gasteiger charge is -2.22. The molecule has 1 aromatic heterocycles. The van der Waals surface area contributed by atoms with Gasteiger partial charge in [-0.1, -0.05) is 38.3 Å². The summed E-state index contributed by atoms with van der Waals surface area (Å²) >= 11 is 1.39. The molecular formula is C21H30N4O2S. The molecule has 1 N–H and O–H groups in total. The summed E-state index contributed by atoms with van der Waals surface area (Å²) < 4.78 is 9.80. The van der Waals surface area contributed by atoms with Crippen molar-refractivity contribution in [3.8, 4) is 5.75 Å². The van der Waals surface area contributed by atoms with Crippen molar-refractivity contribution >= 4 is 22.6 Å². The fraction of sp³-hybridized carbons (Fsp3) is 0.571. The van der Waals surface area contributed by atoms with Crippen LogP contribution >= 0.6 is 11.5 Å². The van der Waals surface area contributed by atoms with E-state index in [0.29, 0.717) is 6.42 Å². The summed E-state index contributed by atoms with van der Waals surface area (Å²) in [4.78, 5) is 19.4. The number of carbonyl (C=O) groups is 1. The maximum absolute atomic E-state index is 12.6. The van der Waals surface area contributed by atoms with Crippen LogP contribution in [0.5, 0.6) is 5.75 Å². The van der Waals surface area contributed by atoms with E-state index in [4.69, 9.17) is 9.72 Å². The predicted octanol–water partition coefficient (Wildman–Crippen LogP) is 3.80. The number of anilines is 1. The molecule has 0 saturated carbocycles. The summed E-state index contributed by atoms with van der Waals surface area (Å²) in [5, 5.41) is 3.95. The van der Waals surface area contributed by atoms with Gasteiger partial charge >= 0.3 is 0 Å². The molecule has 1 aliphatic rings. The molecule has 28 heavy (non-hydrogen) atoms. The van der Waals surface area contributed by atoms with Crippen LogP contribution in [0.4, 0.5) is 5.13 Å². The number of nitrogens with one attached hydrogen (secondary N) is 1. The molecule has 1 unspecified atom stereocenters. The maximum Gasteiger partial charge on any atom is 0.242 e. The first-order valence-electron chi connectivity index (χ1n) is 10.2. The number of carbonyl (C=O) groups excluding carboxylic acids is 1. The quantitative estimate of drug-likeness (QED) is 0.612. The van der Waals surface area contributed by atoms with E-state index in [9.17, 15) is 4.79 Å². The molecule has 0 spiro atoms. The fourth-order valence-corrected chi connectivity index (χ4v) is 4.31. The Morgan fingerprint density at radius 2 is 2.25 bits per heavy atom. The van der Waals surface area contributed by atoms with Gasteiger partial charge in [0.2, 0.25) is 11.0 Å². The molecular weight excluding hydrogens is 372 g/mol. The third-order valence-corrected chi connectivity index (χ3v) is 5.88.